The zero-order chi connectivity index (χ0) is 12.1. The van der Waals surface area contributed by atoms with Crippen LogP contribution in [-0.4, -0.2) is 46.7 Å². The Balaban J connectivity index is 2.91. The number of hydrogen-bond donors (Lipinski definition) is 1. The van der Waals surface area contributed by atoms with E-state index < -0.39 is 5.97 Å². The van der Waals surface area contributed by atoms with Crippen molar-refractivity contribution >= 4 is 23.6 Å². The third kappa shape index (κ3) is 2.96. The van der Waals surface area contributed by atoms with Crippen LogP contribution in [0, 0.1) is 0 Å². The third-order valence-electron chi connectivity index (χ3n) is 1.91. The minimum absolute atomic E-state index is 0.318. The van der Waals surface area contributed by atoms with Crippen molar-refractivity contribution in [1.82, 2.24) is 9.88 Å². The maximum absolute atomic E-state index is 11.9. The molecule has 0 aliphatic heterocycles. The maximum Gasteiger partial charge on any atom is 0.323 e. The summed E-state index contributed by atoms with van der Waals surface area (Å²) in [6.45, 7) is -0.318. The number of carbonyl (C=O) groups excluding carboxylic acids is 1. The topological polar surface area (TPSA) is 70.5 Å². The Morgan fingerprint density at radius 2 is 2.25 bits per heavy atom. The molecule has 86 valence electrons. The van der Waals surface area contributed by atoms with Gasteiger partial charge in [-0.1, -0.05) is 0 Å². The number of aliphatic carboxylic acids is 1. The van der Waals surface area contributed by atoms with Gasteiger partial charge in [0.25, 0.3) is 5.91 Å². The Morgan fingerprint density at radius 3 is 2.81 bits per heavy atom. The van der Waals surface area contributed by atoms with Crippen LogP contribution < -0.4 is 0 Å². The number of likely N-dealkylation sites (N-methyl/N-ethyl adjacent to an activating group) is 1. The molecule has 0 aliphatic carbocycles. The van der Waals surface area contributed by atoms with Gasteiger partial charge in [0.15, 0.2) is 0 Å². The molecule has 5 nitrogen and oxygen atoms in total. The van der Waals surface area contributed by atoms with Gasteiger partial charge in [-0.2, -0.15) is 0 Å². The molecule has 0 aromatic carbocycles. The predicted molar refractivity (Wildman–Crippen MR) is 60.6 cm³/mol. The van der Waals surface area contributed by atoms with Crippen molar-refractivity contribution < 1.29 is 14.7 Å². The number of nitrogens with zero attached hydrogens (tertiary/aromatic N) is 2. The van der Waals surface area contributed by atoms with Crippen LogP contribution in [0.5, 0.6) is 0 Å². The third-order valence-corrected chi connectivity index (χ3v) is 2.63. The van der Waals surface area contributed by atoms with E-state index in [1.165, 1.54) is 18.8 Å². The summed E-state index contributed by atoms with van der Waals surface area (Å²) in [5, 5.41) is 9.19. The van der Waals surface area contributed by atoms with Crippen LogP contribution in [0.4, 0.5) is 0 Å². The molecule has 0 aliphatic rings. The summed E-state index contributed by atoms with van der Waals surface area (Å²) in [6, 6.07) is 3.29. The van der Waals surface area contributed by atoms with E-state index >= 15 is 0 Å². The van der Waals surface area contributed by atoms with Crippen LogP contribution in [0.1, 0.15) is 10.4 Å². The first-order valence-electron chi connectivity index (χ1n) is 4.52. The SMILES string of the molecule is CSc1ncccc1C(=O)N(C)CC(=O)O. The van der Waals surface area contributed by atoms with Gasteiger partial charge in [-0.25, -0.2) is 4.98 Å². The van der Waals surface area contributed by atoms with Gasteiger partial charge in [0.05, 0.1) is 5.56 Å². The molecule has 1 aromatic rings. The van der Waals surface area contributed by atoms with E-state index in [1.807, 2.05) is 6.26 Å². The number of aromatic nitrogens is 1. The largest absolute Gasteiger partial charge is 0.480 e. The highest BCUT2D eigenvalue weighted by molar-refractivity contribution is 7.98. The van der Waals surface area contributed by atoms with Gasteiger partial charge in [-0.05, 0) is 18.4 Å². The number of amides is 1. The van der Waals surface area contributed by atoms with Gasteiger partial charge >= 0.3 is 5.97 Å². The summed E-state index contributed by atoms with van der Waals surface area (Å²) in [5.74, 6) is -1.37. The molecule has 0 radical (unpaired) electrons. The first-order valence-corrected chi connectivity index (χ1v) is 5.75. The molecule has 1 amide bonds. The monoisotopic (exact) mass is 240 g/mol. The number of carboxylic acids is 1. The van der Waals surface area contributed by atoms with E-state index in [1.54, 1.807) is 18.3 Å². The van der Waals surface area contributed by atoms with Crippen molar-refractivity contribution in [3.05, 3.63) is 23.9 Å². The Bertz CT molecular complexity index is 409. The maximum atomic E-state index is 11.9. The van der Waals surface area contributed by atoms with Crippen LogP contribution in [0.2, 0.25) is 0 Å². The smallest absolute Gasteiger partial charge is 0.323 e. The molecule has 0 atom stereocenters. The molecular weight excluding hydrogens is 228 g/mol. The molecule has 1 heterocycles. The highest BCUT2D eigenvalue weighted by Crippen LogP contribution is 2.17. The second-order valence-electron chi connectivity index (χ2n) is 3.12. The van der Waals surface area contributed by atoms with E-state index in [0.29, 0.717) is 10.6 Å². The van der Waals surface area contributed by atoms with Crippen LogP contribution in [0.25, 0.3) is 0 Å². The van der Waals surface area contributed by atoms with Gasteiger partial charge in [-0.3, -0.25) is 9.59 Å². The van der Waals surface area contributed by atoms with E-state index in [9.17, 15) is 9.59 Å². The lowest BCUT2D eigenvalue weighted by atomic mass is 10.2. The second-order valence-corrected chi connectivity index (χ2v) is 3.91. The number of pyridine rings is 1. The van der Waals surface area contributed by atoms with Crippen molar-refractivity contribution in [2.45, 2.75) is 5.03 Å². The highest BCUT2D eigenvalue weighted by atomic mass is 32.2. The van der Waals surface area contributed by atoms with E-state index in [-0.39, 0.29) is 12.5 Å². The Morgan fingerprint density at radius 1 is 1.56 bits per heavy atom. The van der Waals surface area contributed by atoms with Crippen molar-refractivity contribution in [1.29, 1.82) is 0 Å². The molecule has 1 N–H and O–H groups in total. The molecule has 6 heteroatoms. The van der Waals surface area contributed by atoms with Crippen molar-refractivity contribution in [3.8, 4) is 0 Å². The number of carbonyl (C=O) groups is 2. The Hall–Kier alpha value is -1.56. The summed E-state index contributed by atoms with van der Waals surface area (Å²) in [5.41, 5.74) is 0.429. The number of hydrogen-bond acceptors (Lipinski definition) is 4. The Kier molecular flexibility index (Phi) is 4.30. The van der Waals surface area contributed by atoms with Gasteiger partial charge in [-0.15, -0.1) is 11.8 Å². The lowest BCUT2D eigenvalue weighted by Gasteiger charge is -2.15. The molecular formula is C10H12N2O3S. The molecule has 1 rings (SSSR count). The second kappa shape index (κ2) is 5.50. The fraction of sp³-hybridized carbons (Fsp3) is 0.300. The first-order chi connectivity index (χ1) is 7.56. The van der Waals surface area contributed by atoms with Crippen molar-refractivity contribution in [2.24, 2.45) is 0 Å². The fourth-order valence-corrected chi connectivity index (χ4v) is 1.74. The normalized spacial score (nSPS) is 9.88. The van der Waals surface area contributed by atoms with Crippen LogP contribution >= 0.6 is 11.8 Å². The highest BCUT2D eigenvalue weighted by Gasteiger charge is 2.17. The lowest BCUT2D eigenvalue weighted by Crippen LogP contribution is -2.32. The lowest BCUT2D eigenvalue weighted by molar-refractivity contribution is -0.137. The summed E-state index contributed by atoms with van der Waals surface area (Å²) >= 11 is 1.35. The van der Waals surface area contributed by atoms with Crippen molar-refractivity contribution in [2.75, 3.05) is 19.8 Å². The zero-order valence-electron chi connectivity index (χ0n) is 9.01. The standard InChI is InChI=1S/C10H12N2O3S/c1-12(6-8(13)14)10(15)7-4-3-5-11-9(7)16-2/h3-5H,6H2,1-2H3,(H,13,14). The Labute approximate surface area is 97.5 Å². The number of thioether (sulfide) groups is 1. The van der Waals surface area contributed by atoms with Crippen LogP contribution in [-0.2, 0) is 4.79 Å². The quantitative estimate of drug-likeness (QED) is 0.794. The van der Waals surface area contributed by atoms with Crippen molar-refractivity contribution in [3.63, 3.8) is 0 Å². The average Bonchev–Trinajstić information content (AvgIpc) is 2.27. The minimum Gasteiger partial charge on any atom is -0.480 e. The molecule has 0 unspecified atom stereocenters. The van der Waals surface area contributed by atoms with Gasteiger partial charge in [0.1, 0.15) is 11.6 Å². The molecule has 0 saturated carbocycles. The predicted octanol–water partition coefficient (Wildman–Crippen LogP) is 0.960. The van der Waals surface area contributed by atoms with E-state index in [2.05, 4.69) is 4.98 Å². The minimum atomic E-state index is -1.04. The van der Waals surface area contributed by atoms with Gasteiger partial charge in [0.2, 0.25) is 0 Å². The van der Waals surface area contributed by atoms with E-state index in [4.69, 9.17) is 5.11 Å². The van der Waals surface area contributed by atoms with E-state index in [0.717, 1.165) is 4.90 Å². The fourth-order valence-electron chi connectivity index (χ4n) is 1.20. The summed E-state index contributed by atoms with van der Waals surface area (Å²) in [4.78, 5) is 27.6. The summed E-state index contributed by atoms with van der Waals surface area (Å²) < 4.78 is 0. The average molecular weight is 240 g/mol. The molecule has 0 saturated heterocycles. The number of carboxylic acid groups (broad SMARTS) is 1. The van der Waals surface area contributed by atoms with Gasteiger partial charge < -0.3 is 10.0 Å². The van der Waals surface area contributed by atoms with Gasteiger partial charge in [0, 0.05) is 13.2 Å². The molecule has 16 heavy (non-hydrogen) atoms. The molecule has 0 bridgehead atoms. The summed E-state index contributed by atoms with van der Waals surface area (Å²) in [6.07, 6.45) is 3.41. The zero-order valence-corrected chi connectivity index (χ0v) is 9.82. The molecule has 0 fully saturated rings. The first kappa shape index (κ1) is 12.5. The number of rotatable bonds is 4. The van der Waals surface area contributed by atoms with Crippen LogP contribution in [0.3, 0.4) is 0 Å². The molecule has 0 spiro atoms. The molecule has 1 aromatic heterocycles. The summed E-state index contributed by atoms with van der Waals surface area (Å²) in [7, 11) is 1.45. The van der Waals surface area contributed by atoms with Crippen LogP contribution in [0.15, 0.2) is 23.4 Å².